The lowest BCUT2D eigenvalue weighted by atomic mass is 10.0. The molecule has 1 fully saturated rings. The first-order valence-electron chi connectivity index (χ1n) is 9.02. The molecule has 1 aliphatic rings. The van der Waals surface area contributed by atoms with Gasteiger partial charge in [-0.1, -0.05) is 18.5 Å². The molecule has 30 heavy (non-hydrogen) atoms. The molecule has 0 spiro atoms. The Hall–Kier alpha value is -3.54. The van der Waals surface area contributed by atoms with Crippen LogP contribution in [0.4, 0.5) is 23.0 Å². The molecule has 3 rings (SSSR count). The van der Waals surface area contributed by atoms with Crippen molar-refractivity contribution in [1.82, 2.24) is 15.4 Å². The van der Waals surface area contributed by atoms with Gasteiger partial charge in [0.15, 0.2) is 0 Å². The van der Waals surface area contributed by atoms with E-state index >= 15 is 0 Å². The molecule has 1 aliphatic heterocycles. The molecule has 2 aromatic rings. The molecule has 0 aliphatic carbocycles. The van der Waals surface area contributed by atoms with Crippen molar-refractivity contribution in [2.24, 2.45) is 5.92 Å². The van der Waals surface area contributed by atoms with E-state index < -0.39 is 21.4 Å². The Morgan fingerprint density at radius 2 is 2.03 bits per heavy atom. The third kappa shape index (κ3) is 4.54. The number of piperidine rings is 1. The fourth-order valence-electron chi connectivity index (χ4n) is 3.22. The number of carbonyl (C=O) groups is 1. The Labute approximate surface area is 175 Å². The number of aromatic nitrogens is 2. The minimum Gasteiger partial charge on any atom is -0.350 e. The van der Waals surface area contributed by atoms with Crippen molar-refractivity contribution in [1.29, 1.82) is 0 Å². The highest BCUT2D eigenvalue weighted by atomic mass is 35.5. The summed E-state index contributed by atoms with van der Waals surface area (Å²) in [6.45, 7) is 3.31. The first kappa shape index (κ1) is 21.2. The second-order valence-corrected chi connectivity index (χ2v) is 7.25. The van der Waals surface area contributed by atoms with Crippen LogP contribution >= 0.6 is 11.6 Å². The van der Waals surface area contributed by atoms with Gasteiger partial charge in [0.25, 0.3) is 11.6 Å². The maximum atomic E-state index is 12.4. The number of nitro groups is 2. The van der Waals surface area contributed by atoms with Crippen LogP contribution in [0.3, 0.4) is 0 Å². The highest BCUT2D eigenvalue weighted by Crippen LogP contribution is 2.33. The van der Waals surface area contributed by atoms with Crippen LogP contribution in [0.1, 0.15) is 30.1 Å². The van der Waals surface area contributed by atoms with Crippen LogP contribution in [-0.2, 0) is 0 Å². The molecule has 12 nitrogen and oxygen atoms in total. The SMILES string of the molecule is CC1CCCN(c2ncnc(NNC(=O)c3ccc(Cl)c([N+](=O)[O-])c3)c2[N+](=O)[O-])C1. The molecule has 158 valence electrons. The van der Waals surface area contributed by atoms with Gasteiger partial charge in [0.05, 0.1) is 9.85 Å². The molecule has 1 atom stereocenters. The second kappa shape index (κ2) is 8.86. The Morgan fingerprint density at radius 1 is 1.27 bits per heavy atom. The molecule has 2 N–H and O–H groups in total. The average molecular weight is 436 g/mol. The number of hydrogen-bond acceptors (Lipinski definition) is 9. The summed E-state index contributed by atoms with van der Waals surface area (Å²) in [6, 6.07) is 3.52. The topological polar surface area (TPSA) is 156 Å². The molecule has 1 unspecified atom stereocenters. The molecule has 2 heterocycles. The van der Waals surface area contributed by atoms with Gasteiger partial charge >= 0.3 is 5.69 Å². The van der Waals surface area contributed by atoms with Gasteiger partial charge in [0, 0.05) is 24.7 Å². The summed E-state index contributed by atoms with van der Waals surface area (Å²) < 4.78 is 0. The van der Waals surface area contributed by atoms with Gasteiger partial charge in [-0.2, -0.15) is 0 Å². The van der Waals surface area contributed by atoms with Crippen LogP contribution in [0.25, 0.3) is 0 Å². The molecule has 1 saturated heterocycles. The molecule has 0 radical (unpaired) electrons. The average Bonchev–Trinajstić information content (AvgIpc) is 2.71. The molecule has 13 heteroatoms. The fourth-order valence-corrected chi connectivity index (χ4v) is 3.41. The lowest BCUT2D eigenvalue weighted by molar-refractivity contribution is -0.384. The Kier molecular flexibility index (Phi) is 6.26. The summed E-state index contributed by atoms with van der Waals surface area (Å²) in [4.78, 5) is 43.5. The smallest absolute Gasteiger partial charge is 0.350 e. The molecule has 0 bridgehead atoms. The normalized spacial score (nSPS) is 16.1. The van der Waals surface area contributed by atoms with Crippen LogP contribution in [0.15, 0.2) is 24.5 Å². The van der Waals surface area contributed by atoms with Crippen molar-refractivity contribution in [3.63, 3.8) is 0 Å². The van der Waals surface area contributed by atoms with Crippen molar-refractivity contribution in [3.8, 4) is 0 Å². The van der Waals surface area contributed by atoms with Crippen molar-refractivity contribution >= 4 is 40.5 Å². The third-order valence-electron chi connectivity index (χ3n) is 4.64. The summed E-state index contributed by atoms with van der Waals surface area (Å²) >= 11 is 5.74. The number of benzene rings is 1. The van der Waals surface area contributed by atoms with Gasteiger partial charge < -0.3 is 4.90 Å². The summed E-state index contributed by atoms with van der Waals surface area (Å²) in [5, 5.41) is 22.6. The number of carbonyl (C=O) groups excluding carboxylic acids is 1. The Bertz CT molecular complexity index is 1000. The van der Waals surface area contributed by atoms with Crippen molar-refractivity contribution < 1.29 is 14.6 Å². The zero-order valence-corrected chi connectivity index (χ0v) is 16.6. The van der Waals surface area contributed by atoms with Crippen molar-refractivity contribution in [2.45, 2.75) is 19.8 Å². The predicted molar refractivity (Wildman–Crippen MR) is 108 cm³/mol. The Balaban J connectivity index is 1.82. The highest BCUT2D eigenvalue weighted by Gasteiger charge is 2.29. The molecule has 1 aromatic heterocycles. The molecular formula is C17H18ClN7O5. The van der Waals surface area contributed by atoms with E-state index in [1.807, 2.05) is 4.90 Å². The molecular weight excluding hydrogens is 418 g/mol. The zero-order valence-electron chi connectivity index (χ0n) is 15.9. The Morgan fingerprint density at radius 3 is 2.70 bits per heavy atom. The van der Waals surface area contributed by atoms with E-state index in [1.165, 1.54) is 18.5 Å². The molecule has 0 saturated carbocycles. The van der Waals surface area contributed by atoms with Gasteiger partial charge in [-0.3, -0.25) is 35.9 Å². The second-order valence-electron chi connectivity index (χ2n) is 6.85. The number of nitrogens with one attached hydrogen (secondary N) is 2. The van der Waals surface area contributed by atoms with Crippen LogP contribution in [0.5, 0.6) is 0 Å². The number of nitrogens with zero attached hydrogens (tertiary/aromatic N) is 5. The van der Waals surface area contributed by atoms with E-state index in [4.69, 9.17) is 11.6 Å². The van der Waals surface area contributed by atoms with Gasteiger partial charge in [0.2, 0.25) is 11.6 Å². The third-order valence-corrected chi connectivity index (χ3v) is 4.96. The van der Waals surface area contributed by atoms with Crippen molar-refractivity contribution in [2.75, 3.05) is 23.4 Å². The number of amides is 1. The maximum Gasteiger partial charge on any atom is 0.355 e. The number of halogens is 1. The standard InChI is InChI=1S/C17H18ClN7O5/c1-10-3-2-6-23(8-10)16-14(25(29)30)15(19-9-20-16)21-22-17(26)11-4-5-12(18)13(7-11)24(27)28/h4-5,7,9-10H,2-3,6,8H2,1H3,(H,22,26)(H,19,20,21). The van der Waals surface area contributed by atoms with Gasteiger partial charge in [-0.25, -0.2) is 9.97 Å². The van der Waals surface area contributed by atoms with Gasteiger partial charge in [-0.05, 0) is 30.9 Å². The minimum absolute atomic E-state index is 0.0552. The van der Waals surface area contributed by atoms with E-state index in [9.17, 15) is 25.0 Å². The maximum absolute atomic E-state index is 12.4. The van der Waals surface area contributed by atoms with Gasteiger partial charge in [0.1, 0.15) is 11.3 Å². The van der Waals surface area contributed by atoms with E-state index in [-0.39, 0.29) is 27.9 Å². The minimum atomic E-state index is -0.754. The zero-order chi connectivity index (χ0) is 21.8. The first-order chi connectivity index (χ1) is 14.3. The monoisotopic (exact) mass is 435 g/mol. The number of hydrogen-bond donors (Lipinski definition) is 2. The van der Waals surface area contributed by atoms with Crippen LogP contribution in [0, 0.1) is 26.1 Å². The number of nitro benzene ring substituents is 1. The number of anilines is 2. The summed E-state index contributed by atoms with van der Waals surface area (Å²) in [5.74, 6) is -0.415. The quantitative estimate of drug-likeness (QED) is 0.514. The van der Waals surface area contributed by atoms with E-state index in [1.54, 1.807) is 0 Å². The number of hydrazine groups is 1. The fraction of sp³-hybridized carbons (Fsp3) is 0.353. The summed E-state index contributed by atoms with van der Waals surface area (Å²) in [5.41, 5.74) is 3.84. The highest BCUT2D eigenvalue weighted by molar-refractivity contribution is 6.32. The van der Waals surface area contributed by atoms with E-state index in [0.717, 1.165) is 18.9 Å². The summed E-state index contributed by atoms with van der Waals surface area (Å²) in [6.07, 6.45) is 3.09. The molecule has 1 aromatic carbocycles. The molecule has 1 amide bonds. The van der Waals surface area contributed by atoms with Crippen LogP contribution < -0.4 is 15.8 Å². The summed E-state index contributed by atoms with van der Waals surface area (Å²) in [7, 11) is 0. The largest absolute Gasteiger partial charge is 0.355 e. The van der Waals surface area contributed by atoms with Crippen molar-refractivity contribution in [3.05, 3.63) is 55.3 Å². The van der Waals surface area contributed by atoms with E-state index in [2.05, 4.69) is 27.7 Å². The number of rotatable bonds is 6. The lowest BCUT2D eigenvalue weighted by Gasteiger charge is -2.31. The van der Waals surface area contributed by atoms with E-state index in [0.29, 0.717) is 19.0 Å². The van der Waals surface area contributed by atoms with Crippen LogP contribution in [0.2, 0.25) is 5.02 Å². The lowest BCUT2D eigenvalue weighted by Crippen LogP contribution is -2.36. The van der Waals surface area contributed by atoms with Crippen LogP contribution in [-0.4, -0.2) is 38.8 Å². The predicted octanol–water partition coefficient (Wildman–Crippen LogP) is 2.94. The van der Waals surface area contributed by atoms with Gasteiger partial charge in [-0.15, -0.1) is 0 Å². The first-order valence-corrected chi connectivity index (χ1v) is 9.40.